The Labute approximate surface area is 151 Å². The minimum absolute atomic E-state index is 0.0250. The van der Waals surface area contributed by atoms with Crippen molar-refractivity contribution in [2.45, 2.75) is 6.92 Å². The Balaban J connectivity index is 2.04. The van der Waals surface area contributed by atoms with Crippen LogP contribution in [0.25, 0.3) is 0 Å². The first kappa shape index (κ1) is 18.3. The third kappa shape index (κ3) is 4.72. The molecular formula is C16H13BrF2N2O2S. The second kappa shape index (κ2) is 8.16. The maximum Gasteiger partial charge on any atom is 0.338 e. The van der Waals surface area contributed by atoms with E-state index in [1.54, 1.807) is 31.2 Å². The summed E-state index contributed by atoms with van der Waals surface area (Å²) in [5.41, 5.74) is 1.03. The molecule has 0 saturated carbocycles. The summed E-state index contributed by atoms with van der Waals surface area (Å²) in [6.45, 7) is 2.02. The fraction of sp³-hybridized carbons (Fsp3) is 0.125. The topological polar surface area (TPSA) is 50.4 Å². The molecule has 0 unspecified atom stereocenters. The van der Waals surface area contributed by atoms with E-state index in [1.807, 2.05) is 0 Å². The molecule has 0 aliphatic rings. The van der Waals surface area contributed by atoms with Gasteiger partial charge in [-0.15, -0.1) is 0 Å². The molecule has 0 fully saturated rings. The maximum absolute atomic E-state index is 13.8. The molecular weight excluding hydrogens is 402 g/mol. The Bertz CT molecular complexity index is 746. The van der Waals surface area contributed by atoms with Crippen molar-refractivity contribution < 1.29 is 18.3 Å². The molecule has 0 saturated heterocycles. The van der Waals surface area contributed by atoms with Crippen LogP contribution in [0.15, 0.2) is 40.9 Å². The predicted molar refractivity (Wildman–Crippen MR) is 96.3 cm³/mol. The lowest BCUT2D eigenvalue weighted by atomic mass is 10.2. The van der Waals surface area contributed by atoms with Crippen molar-refractivity contribution in [3.05, 3.63) is 58.1 Å². The summed E-state index contributed by atoms with van der Waals surface area (Å²) < 4.78 is 31.9. The van der Waals surface area contributed by atoms with Gasteiger partial charge in [-0.3, -0.25) is 0 Å². The highest BCUT2D eigenvalue weighted by Gasteiger charge is 2.11. The number of hydrogen-bond acceptors (Lipinski definition) is 3. The van der Waals surface area contributed by atoms with Crippen molar-refractivity contribution in [3.63, 3.8) is 0 Å². The third-order valence-electron chi connectivity index (χ3n) is 2.90. The molecule has 2 N–H and O–H groups in total. The first-order valence-electron chi connectivity index (χ1n) is 6.90. The van der Waals surface area contributed by atoms with Crippen molar-refractivity contribution in [1.82, 2.24) is 0 Å². The van der Waals surface area contributed by atoms with Gasteiger partial charge >= 0.3 is 5.97 Å². The number of anilines is 2. The molecule has 0 amide bonds. The number of rotatable bonds is 4. The largest absolute Gasteiger partial charge is 0.462 e. The normalized spacial score (nSPS) is 10.2. The molecule has 0 spiro atoms. The fourth-order valence-electron chi connectivity index (χ4n) is 1.84. The lowest BCUT2D eigenvalue weighted by Gasteiger charge is -2.13. The second-order valence-corrected chi connectivity index (χ2v) is 5.88. The average molecular weight is 415 g/mol. The van der Waals surface area contributed by atoms with Gasteiger partial charge in [0.25, 0.3) is 0 Å². The maximum atomic E-state index is 13.8. The summed E-state index contributed by atoms with van der Waals surface area (Å²) >= 11 is 8.17. The summed E-state index contributed by atoms with van der Waals surface area (Å²) in [5, 5.41) is 5.61. The SMILES string of the molecule is CCOC(=O)c1ccc(NC(=S)Nc2c(F)cc(F)cc2Br)cc1. The van der Waals surface area contributed by atoms with E-state index >= 15 is 0 Å². The van der Waals surface area contributed by atoms with E-state index in [0.29, 0.717) is 17.9 Å². The first-order chi connectivity index (χ1) is 11.4. The number of halogens is 3. The molecule has 2 rings (SSSR count). The van der Waals surface area contributed by atoms with Crippen LogP contribution >= 0.6 is 28.1 Å². The quantitative estimate of drug-likeness (QED) is 0.560. The monoisotopic (exact) mass is 414 g/mol. The van der Waals surface area contributed by atoms with E-state index in [9.17, 15) is 13.6 Å². The average Bonchev–Trinajstić information content (AvgIpc) is 2.52. The Kier molecular flexibility index (Phi) is 6.22. The van der Waals surface area contributed by atoms with E-state index in [-0.39, 0.29) is 15.3 Å². The van der Waals surface area contributed by atoms with Crippen LogP contribution in [0.3, 0.4) is 0 Å². The second-order valence-electron chi connectivity index (χ2n) is 4.62. The number of hydrogen-bond donors (Lipinski definition) is 2. The van der Waals surface area contributed by atoms with Gasteiger partial charge in [0, 0.05) is 16.2 Å². The molecule has 0 radical (unpaired) electrons. The number of ether oxygens (including phenoxy) is 1. The number of thiocarbonyl (C=S) groups is 1. The zero-order chi connectivity index (χ0) is 17.7. The van der Waals surface area contributed by atoms with Gasteiger partial charge in [-0.25, -0.2) is 13.6 Å². The molecule has 0 aliphatic heterocycles. The van der Waals surface area contributed by atoms with Gasteiger partial charge in [0.2, 0.25) is 0 Å². The predicted octanol–water partition coefficient (Wildman–Crippen LogP) is 4.71. The summed E-state index contributed by atoms with van der Waals surface area (Å²) in [4.78, 5) is 11.6. The number of esters is 1. The molecule has 0 aliphatic carbocycles. The Morgan fingerprint density at radius 1 is 1.21 bits per heavy atom. The van der Waals surface area contributed by atoms with Crippen LogP contribution < -0.4 is 10.6 Å². The van der Waals surface area contributed by atoms with Crippen molar-refractivity contribution in [2.75, 3.05) is 17.2 Å². The Hall–Kier alpha value is -2.06. The van der Waals surface area contributed by atoms with Gasteiger partial charge in [0.1, 0.15) is 5.82 Å². The van der Waals surface area contributed by atoms with Crippen LogP contribution in [0.5, 0.6) is 0 Å². The Morgan fingerprint density at radius 3 is 2.46 bits per heavy atom. The van der Waals surface area contributed by atoms with Gasteiger partial charge in [0.15, 0.2) is 10.9 Å². The highest BCUT2D eigenvalue weighted by Crippen LogP contribution is 2.27. The van der Waals surface area contributed by atoms with Crippen LogP contribution in [0.2, 0.25) is 0 Å². The van der Waals surface area contributed by atoms with E-state index in [4.69, 9.17) is 17.0 Å². The van der Waals surface area contributed by atoms with Crippen LogP contribution in [-0.4, -0.2) is 17.7 Å². The number of carbonyl (C=O) groups is 1. The smallest absolute Gasteiger partial charge is 0.338 e. The number of nitrogens with one attached hydrogen (secondary N) is 2. The third-order valence-corrected chi connectivity index (χ3v) is 3.73. The van der Waals surface area contributed by atoms with Crippen molar-refractivity contribution in [1.29, 1.82) is 0 Å². The van der Waals surface area contributed by atoms with E-state index < -0.39 is 17.6 Å². The molecule has 0 bridgehead atoms. The van der Waals surface area contributed by atoms with Crippen molar-refractivity contribution in [3.8, 4) is 0 Å². The van der Waals surface area contributed by atoms with E-state index in [0.717, 1.165) is 12.1 Å². The van der Waals surface area contributed by atoms with Crippen LogP contribution in [0.1, 0.15) is 17.3 Å². The molecule has 4 nitrogen and oxygen atoms in total. The van der Waals surface area contributed by atoms with Crippen LogP contribution in [-0.2, 0) is 4.74 Å². The number of benzene rings is 2. The highest BCUT2D eigenvalue weighted by molar-refractivity contribution is 9.10. The first-order valence-corrected chi connectivity index (χ1v) is 8.10. The molecule has 0 aromatic heterocycles. The summed E-state index contributed by atoms with van der Waals surface area (Å²) in [6.07, 6.45) is 0. The standard InChI is InChI=1S/C16H13BrF2N2O2S/c1-2-23-15(22)9-3-5-11(6-4-9)20-16(24)21-14-12(17)7-10(18)8-13(14)19/h3-8H,2H2,1H3,(H2,20,21,24). The lowest BCUT2D eigenvalue weighted by Crippen LogP contribution is -2.20. The molecule has 8 heteroatoms. The lowest BCUT2D eigenvalue weighted by molar-refractivity contribution is 0.0526. The Morgan fingerprint density at radius 2 is 1.88 bits per heavy atom. The summed E-state index contributed by atoms with van der Waals surface area (Å²) in [7, 11) is 0. The van der Waals surface area contributed by atoms with E-state index in [1.165, 1.54) is 0 Å². The van der Waals surface area contributed by atoms with Gasteiger partial charge in [-0.05, 0) is 65.4 Å². The van der Waals surface area contributed by atoms with Crippen LogP contribution in [0.4, 0.5) is 20.2 Å². The highest BCUT2D eigenvalue weighted by atomic mass is 79.9. The van der Waals surface area contributed by atoms with Gasteiger partial charge < -0.3 is 15.4 Å². The minimum Gasteiger partial charge on any atom is -0.462 e. The molecule has 2 aromatic rings. The minimum atomic E-state index is -0.774. The van der Waals surface area contributed by atoms with Crippen LogP contribution in [0, 0.1) is 11.6 Å². The molecule has 24 heavy (non-hydrogen) atoms. The molecule has 0 atom stereocenters. The number of carbonyl (C=O) groups excluding carboxylic acids is 1. The fourth-order valence-corrected chi connectivity index (χ4v) is 2.57. The van der Waals surface area contributed by atoms with Gasteiger partial charge in [-0.2, -0.15) is 0 Å². The zero-order valence-corrected chi connectivity index (χ0v) is 14.9. The summed E-state index contributed by atoms with van der Waals surface area (Å²) in [6, 6.07) is 8.31. The van der Waals surface area contributed by atoms with Crippen molar-refractivity contribution >= 4 is 50.6 Å². The van der Waals surface area contributed by atoms with Gasteiger partial charge in [0.05, 0.1) is 17.9 Å². The van der Waals surface area contributed by atoms with E-state index in [2.05, 4.69) is 26.6 Å². The molecule has 126 valence electrons. The molecule has 0 heterocycles. The summed E-state index contributed by atoms with van der Waals surface area (Å²) in [5.74, 6) is -1.89. The zero-order valence-electron chi connectivity index (χ0n) is 12.5. The van der Waals surface area contributed by atoms with Gasteiger partial charge in [-0.1, -0.05) is 0 Å². The van der Waals surface area contributed by atoms with Crippen molar-refractivity contribution in [2.24, 2.45) is 0 Å². The molecule has 2 aromatic carbocycles.